The van der Waals surface area contributed by atoms with Crippen LogP contribution in [0.15, 0.2) is 60.7 Å². The summed E-state index contributed by atoms with van der Waals surface area (Å²) in [6.45, 7) is 6.37. The molecule has 170 valence electrons. The molecule has 4 nitrogen and oxygen atoms in total. The maximum Gasteiger partial charge on any atom is 0.586 e. The molecule has 1 saturated carbocycles. The van der Waals surface area contributed by atoms with Gasteiger partial charge in [-0.1, -0.05) is 50.2 Å². The Morgan fingerprint density at radius 3 is 2.45 bits per heavy atom. The number of nitrogens with one attached hydrogen (secondary N) is 1. The summed E-state index contributed by atoms with van der Waals surface area (Å²) in [5, 5.41) is 3.04. The first-order valence-corrected chi connectivity index (χ1v) is 11.1. The number of rotatable bonds is 5. The van der Waals surface area contributed by atoms with E-state index < -0.39 is 11.7 Å². The van der Waals surface area contributed by atoms with Crippen molar-refractivity contribution in [2.45, 2.75) is 51.2 Å². The van der Waals surface area contributed by atoms with Gasteiger partial charge < -0.3 is 14.8 Å². The van der Waals surface area contributed by atoms with Crippen LogP contribution in [0.1, 0.15) is 49.3 Å². The number of anilines is 1. The first-order valence-electron chi connectivity index (χ1n) is 11.1. The second kappa shape index (κ2) is 7.58. The number of carbonyl (C=O) groups is 1. The number of benzene rings is 3. The second-order valence-corrected chi connectivity index (χ2v) is 9.18. The molecule has 1 aliphatic carbocycles. The van der Waals surface area contributed by atoms with Gasteiger partial charge >= 0.3 is 6.29 Å². The van der Waals surface area contributed by atoms with E-state index >= 15 is 0 Å². The predicted molar refractivity (Wildman–Crippen MR) is 123 cm³/mol. The first kappa shape index (κ1) is 21.4. The van der Waals surface area contributed by atoms with Gasteiger partial charge in [-0.2, -0.15) is 0 Å². The van der Waals surface area contributed by atoms with Gasteiger partial charge in [-0.25, -0.2) is 0 Å². The van der Waals surface area contributed by atoms with Crippen molar-refractivity contribution in [3.8, 4) is 22.6 Å². The summed E-state index contributed by atoms with van der Waals surface area (Å²) in [6.07, 6.45) is -2.39. The molecule has 1 N–H and O–H groups in total. The average Bonchev–Trinajstić information content (AvgIpc) is 3.52. The number of alkyl halides is 2. The van der Waals surface area contributed by atoms with Crippen LogP contribution in [-0.2, 0) is 10.2 Å². The lowest BCUT2D eigenvalue weighted by Gasteiger charge is -2.17. The number of amides is 1. The van der Waals surface area contributed by atoms with Crippen molar-refractivity contribution < 1.29 is 23.0 Å². The Morgan fingerprint density at radius 1 is 0.970 bits per heavy atom. The maximum atomic E-state index is 13.4. The summed E-state index contributed by atoms with van der Waals surface area (Å²) in [6, 6.07) is 18.9. The molecule has 2 aliphatic rings. The highest BCUT2D eigenvalue weighted by Crippen LogP contribution is 2.52. The lowest BCUT2D eigenvalue weighted by Crippen LogP contribution is -2.28. The Balaban J connectivity index is 1.40. The van der Waals surface area contributed by atoms with Crippen molar-refractivity contribution in [2.75, 3.05) is 5.32 Å². The van der Waals surface area contributed by atoms with Gasteiger partial charge in [0.25, 0.3) is 0 Å². The van der Waals surface area contributed by atoms with Crippen LogP contribution < -0.4 is 14.8 Å². The van der Waals surface area contributed by atoms with Gasteiger partial charge in [-0.05, 0) is 77.8 Å². The number of aryl methyl sites for hydroxylation is 1. The summed E-state index contributed by atoms with van der Waals surface area (Å²) in [7, 11) is 0. The van der Waals surface area contributed by atoms with Crippen LogP contribution in [0.5, 0.6) is 11.5 Å². The smallest absolute Gasteiger partial charge is 0.395 e. The van der Waals surface area contributed by atoms with E-state index in [1.54, 1.807) is 6.07 Å². The Hall–Kier alpha value is -3.41. The molecular formula is C27H25F2NO3. The van der Waals surface area contributed by atoms with E-state index in [4.69, 9.17) is 0 Å². The fraction of sp³-hybridized carbons (Fsp3) is 0.296. The standard InChI is InChI=1S/C27H25F2NO3/c1-16(2)18-5-4-6-19(13-18)22-15-21(9-7-17(22)3)30-25(31)26(11-12-26)20-8-10-23-24(14-20)33-27(28,29)32-23/h4-10,13-16H,11-12H2,1-3H3,(H,30,31). The monoisotopic (exact) mass is 449 g/mol. The largest absolute Gasteiger partial charge is 0.586 e. The zero-order chi connectivity index (χ0) is 23.4. The molecule has 0 saturated heterocycles. The molecule has 0 bridgehead atoms. The van der Waals surface area contributed by atoms with Crippen molar-refractivity contribution in [3.63, 3.8) is 0 Å². The first-order chi connectivity index (χ1) is 15.7. The minimum atomic E-state index is -3.68. The van der Waals surface area contributed by atoms with Gasteiger partial charge in [0, 0.05) is 5.69 Å². The molecule has 3 aromatic rings. The lowest BCUT2D eigenvalue weighted by molar-refractivity contribution is -0.286. The summed E-state index contributed by atoms with van der Waals surface area (Å²) >= 11 is 0. The third kappa shape index (κ3) is 3.94. The molecule has 3 aromatic carbocycles. The number of ether oxygens (including phenoxy) is 2. The normalized spacial score (nSPS) is 17.2. The van der Waals surface area contributed by atoms with Crippen LogP contribution in [0.4, 0.5) is 14.5 Å². The Morgan fingerprint density at radius 2 is 1.73 bits per heavy atom. The van der Waals surface area contributed by atoms with E-state index in [2.05, 4.69) is 52.9 Å². The second-order valence-electron chi connectivity index (χ2n) is 9.18. The van der Waals surface area contributed by atoms with Crippen molar-refractivity contribution in [1.29, 1.82) is 0 Å². The predicted octanol–water partition coefficient (Wildman–Crippen LogP) is 6.78. The molecule has 0 unspecified atom stereocenters. The third-order valence-electron chi connectivity index (χ3n) is 6.50. The molecule has 1 amide bonds. The highest BCUT2D eigenvalue weighted by Gasteiger charge is 2.52. The van der Waals surface area contributed by atoms with Gasteiger partial charge in [0.15, 0.2) is 11.5 Å². The molecule has 33 heavy (non-hydrogen) atoms. The molecule has 5 rings (SSSR count). The molecule has 0 atom stereocenters. The zero-order valence-corrected chi connectivity index (χ0v) is 18.7. The lowest BCUT2D eigenvalue weighted by atomic mass is 9.93. The van der Waals surface area contributed by atoms with Crippen molar-refractivity contribution in [1.82, 2.24) is 0 Å². The quantitative estimate of drug-likeness (QED) is 0.467. The van der Waals surface area contributed by atoms with E-state index in [0.29, 0.717) is 30.0 Å². The number of fused-ring (bicyclic) bond motifs is 1. The molecule has 0 spiro atoms. The zero-order valence-electron chi connectivity index (χ0n) is 18.7. The minimum absolute atomic E-state index is 0.0215. The molecule has 0 radical (unpaired) electrons. The molecule has 1 heterocycles. The number of carbonyl (C=O) groups excluding carboxylic acids is 1. The summed E-state index contributed by atoms with van der Waals surface area (Å²) < 4.78 is 35.8. The van der Waals surface area contributed by atoms with Crippen molar-refractivity contribution in [3.05, 3.63) is 77.4 Å². The molecule has 1 fully saturated rings. The van der Waals surface area contributed by atoms with Crippen LogP contribution in [0.25, 0.3) is 11.1 Å². The average molecular weight is 449 g/mol. The third-order valence-corrected chi connectivity index (χ3v) is 6.50. The van der Waals surface area contributed by atoms with Gasteiger partial charge in [-0.15, -0.1) is 8.78 Å². The minimum Gasteiger partial charge on any atom is -0.395 e. The Bertz CT molecular complexity index is 1250. The van der Waals surface area contributed by atoms with Gasteiger partial charge in [0.05, 0.1) is 5.41 Å². The maximum absolute atomic E-state index is 13.4. The molecule has 0 aromatic heterocycles. The summed E-state index contributed by atoms with van der Waals surface area (Å²) in [4.78, 5) is 13.3. The Kier molecular flexibility index (Phi) is 4.92. The van der Waals surface area contributed by atoms with E-state index in [1.165, 1.54) is 17.7 Å². The van der Waals surface area contributed by atoms with Gasteiger partial charge in [0.1, 0.15) is 0 Å². The van der Waals surface area contributed by atoms with Gasteiger partial charge in [-0.3, -0.25) is 4.79 Å². The fourth-order valence-electron chi connectivity index (χ4n) is 4.35. The molecule has 1 aliphatic heterocycles. The summed E-state index contributed by atoms with van der Waals surface area (Å²) in [5.41, 5.74) is 5.14. The van der Waals surface area contributed by atoms with E-state index in [1.807, 2.05) is 25.1 Å². The van der Waals surface area contributed by atoms with Crippen molar-refractivity contribution in [2.24, 2.45) is 0 Å². The van der Waals surface area contributed by atoms with Crippen molar-refractivity contribution >= 4 is 11.6 Å². The number of halogens is 2. The van der Waals surface area contributed by atoms with Crippen LogP contribution in [0, 0.1) is 6.92 Å². The highest BCUT2D eigenvalue weighted by molar-refractivity contribution is 6.02. The highest BCUT2D eigenvalue weighted by atomic mass is 19.3. The van der Waals surface area contributed by atoms with Crippen LogP contribution in [0.2, 0.25) is 0 Å². The SMILES string of the molecule is Cc1ccc(NC(=O)C2(c3ccc4c(c3)OC(F)(F)O4)CC2)cc1-c1cccc(C(C)C)c1. The number of hydrogen-bond acceptors (Lipinski definition) is 3. The molecule has 6 heteroatoms. The van der Waals surface area contributed by atoms with Crippen LogP contribution >= 0.6 is 0 Å². The fourth-order valence-corrected chi connectivity index (χ4v) is 4.35. The Labute approximate surface area is 191 Å². The summed E-state index contributed by atoms with van der Waals surface area (Å²) in [5.74, 6) is 0.203. The van der Waals surface area contributed by atoms with Crippen LogP contribution in [-0.4, -0.2) is 12.2 Å². The van der Waals surface area contributed by atoms with E-state index in [-0.39, 0.29) is 17.4 Å². The van der Waals surface area contributed by atoms with E-state index in [9.17, 15) is 13.6 Å². The van der Waals surface area contributed by atoms with E-state index in [0.717, 1.165) is 16.7 Å². The topological polar surface area (TPSA) is 47.6 Å². The molecular weight excluding hydrogens is 424 g/mol. The number of hydrogen-bond donors (Lipinski definition) is 1. The van der Waals surface area contributed by atoms with Gasteiger partial charge in [0.2, 0.25) is 5.91 Å². The van der Waals surface area contributed by atoms with Crippen LogP contribution in [0.3, 0.4) is 0 Å².